The van der Waals surface area contributed by atoms with Crippen molar-refractivity contribution in [3.63, 3.8) is 0 Å². The molecule has 0 aliphatic carbocycles. The molecule has 0 saturated heterocycles. The minimum atomic E-state index is 0.902. The van der Waals surface area contributed by atoms with Gasteiger partial charge >= 0.3 is 0 Å². The molecule has 0 N–H and O–H groups in total. The zero-order valence-electron chi connectivity index (χ0n) is 18.6. The van der Waals surface area contributed by atoms with Crippen LogP contribution in [-0.4, -0.2) is 0 Å². The van der Waals surface area contributed by atoms with E-state index in [0.29, 0.717) is 0 Å². The van der Waals surface area contributed by atoms with Crippen molar-refractivity contribution < 1.29 is 0 Å². The van der Waals surface area contributed by atoms with Gasteiger partial charge in [0.1, 0.15) is 0 Å². The summed E-state index contributed by atoms with van der Waals surface area (Å²) in [5.41, 5.74) is 11.6. The maximum atomic E-state index is 3.52. The second-order valence-corrected chi connectivity index (χ2v) is 9.35. The third kappa shape index (κ3) is 4.84. The molecule has 0 spiro atoms. The molecule has 0 bridgehead atoms. The molecule has 0 aliphatic rings. The summed E-state index contributed by atoms with van der Waals surface area (Å²) >= 11 is 3.52. The molecule has 0 nitrogen and oxygen atoms in total. The average Bonchev–Trinajstić information content (AvgIpc) is 2.86. The van der Waals surface area contributed by atoms with Crippen molar-refractivity contribution in [2.75, 3.05) is 0 Å². The Bertz CT molecular complexity index is 1360. The van der Waals surface area contributed by atoms with Crippen LogP contribution < -0.4 is 0 Å². The predicted molar refractivity (Wildman–Crippen MR) is 144 cm³/mol. The minimum absolute atomic E-state index is 0.902. The quantitative estimate of drug-likeness (QED) is 0.231. The van der Waals surface area contributed by atoms with Crippen molar-refractivity contribution in [1.29, 1.82) is 0 Å². The minimum Gasteiger partial charge on any atom is -0.0622 e. The van der Waals surface area contributed by atoms with Crippen LogP contribution in [0.15, 0.2) is 126 Å². The Morgan fingerprint density at radius 2 is 1.09 bits per heavy atom. The molecule has 1 heteroatoms. The molecule has 0 unspecified atom stereocenters. The number of hydrogen-bond donors (Lipinski definition) is 0. The van der Waals surface area contributed by atoms with E-state index < -0.39 is 0 Å². The van der Waals surface area contributed by atoms with Crippen LogP contribution in [0.4, 0.5) is 0 Å². The lowest BCUT2D eigenvalue weighted by molar-refractivity contribution is 1.19. The molecule has 0 saturated carbocycles. The van der Waals surface area contributed by atoms with E-state index >= 15 is 0 Å². The predicted octanol–water partition coefficient (Wildman–Crippen LogP) is 9.35. The van der Waals surface area contributed by atoms with Crippen molar-refractivity contribution in [2.45, 2.75) is 13.3 Å². The van der Waals surface area contributed by atoms with Crippen LogP contribution in [0.1, 0.15) is 16.7 Å². The summed E-state index contributed by atoms with van der Waals surface area (Å²) in [6, 6.07) is 43.6. The van der Waals surface area contributed by atoms with Crippen molar-refractivity contribution in [2.24, 2.45) is 0 Å². The van der Waals surface area contributed by atoms with E-state index in [1.165, 1.54) is 50.1 Å². The highest BCUT2D eigenvalue weighted by Gasteiger charge is 2.11. The van der Waals surface area contributed by atoms with E-state index in [1.807, 2.05) is 0 Å². The van der Waals surface area contributed by atoms with Gasteiger partial charge in [-0.3, -0.25) is 0 Å². The lowest BCUT2D eigenvalue weighted by Crippen LogP contribution is -1.95. The Morgan fingerprint density at radius 3 is 1.79 bits per heavy atom. The van der Waals surface area contributed by atoms with Crippen molar-refractivity contribution in [3.05, 3.63) is 142 Å². The van der Waals surface area contributed by atoms with Crippen LogP contribution >= 0.6 is 15.9 Å². The van der Waals surface area contributed by atoms with Gasteiger partial charge in [-0.1, -0.05) is 119 Å². The molecule has 0 aromatic heterocycles. The van der Waals surface area contributed by atoms with Crippen LogP contribution in [0.5, 0.6) is 0 Å². The molecule has 0 heterocycles. The smallest absolute Gasteiger partial charge is 0.0175 e. The lowest BCUT2D eigenvalue weighted by atomic mass is 9.89. The summed E-state index contributed by atoms with van der Waals surface area (Å²) in [5, 5.41) is 0. The Morgan fingerprint density at radius 1 is 0.515 bits per heavy atom. The first-order valence-corrected chi connectivity index (χ1v) is 12.1. The molecule has 0 fully saturated rings. The summed E-state index contributed by atoms with van der Waals surface area (Å²) < 4.78 is 1.10. The number of rotatable bonds is 5. The van der Waals surface area contributed by atoms with Gasteiger partial charge in [-0.15, -0.1) is 0 Å². The molecule has 0 radical (unpaired) electrons. The number of hydrogen-bond acceptors (Lipinski definition) is 0. The van der Waals surface area contributed by atoms with Gasteiger partial charge in [0, 0.05) is 4.47 Å². The van der Waals surface area contributed by atoms with Crippen molar-refractivity contribution in [1.82, 2.24) is 0 Å². The average molecular weight is 489 g/mol. The topological polar surface area (TPSA) is 0 Å². The molecule has 33 heavy (non-hydrogen) atoms. The normalized spacial score (nSPS) is 10.8. The van der Waals surface area contributed by atoms with Crippen LogP contribution in [0.25, 0.3) is 33.4 Å². The molecule has 0 aliphatic heterocycles. The monoisotopic (exact) mass is 488 g/mol. The largest absolute Gasteiger partial charge is 0.0622 e. The Labute approximate surface area is 204 Å². The number of benzene rings is 5. The molecule has 5 aromatic rings. The van der Waals surface area contributed by atoms with Gasteiger partial charge in [0.25, 0.3) is 0 Å². The fraction of sp³-hybridized carbons (Fsp3) is 0.0625. The van der Waals surface area contributed by atoms with Gasteiger partial charge < -0.3 is 0 Å². The zero-order chi connectivity index (χ0) is 22.6. The van der Waals surface area contributed by atoms with E-state index in [2.05, 4.69) is 144 Å². The van der Waals surface area contributed by atoms with Gasteiger partial charge in [0.05, 0.1) is 0 Å². The Kier molecular flexibility index (Phi) is 6.24. The van der Waals surface area contributed by atoms with Crippen molar-refractivity contribution in [3.8, 4) is 33.4 Å². The summed E-state index contributed by atoms with van der Waals surface area (Å²) in [7, 11) is 0. The third-order valence-electron chi connectivity index (χ3n) is 6.18. The number of halogens is 1. The molecule has 0 atom stereocenters. The van der Waals surface area contributed by atoms with Crippen molar-refractivity contribution >= 4 is 15.9 Å². The Hall–Kier alpha value is -3.42. The highest BCUT2D eigenvalue weighted by atomic mass is 79.9. The molecule has 0 amide bonds. The summed E-state index contributed by atoms with van der Waals surface area (Å²) in [6.45, 7) is 2.20. The molecular weight excluding hydrogens is 464 g/mol. The maximum Gasteiger partial charge on any atom is 0.0175 e. The van der Waals surface area contributed by atoms with E-state index in [9.17, 15) is 0 Å². The molecular formula is C32H25Br. The molecule has 5 aromatic carbocycles. The van der Waals surface area contributed by atoms with Gasteiger partial charge in [-0.2, -0.15) is 0 Å². The number of aryl methyl sites for hydroxylation is 1. The first kappa shape index (κ1) is 21.4. The second kappa shape index (κ2) is 9.60. The van der Waals surface area contributed by atoms with Crippen LogP contribution in [0, 0.1) is 6.92 Å². The van der Waals surface area contributed by atoms with Gasteiger partial charge in [-0.05, 0) is 81.6 Å². The highest BCUT2D eigenvalue weighted by molar-refractivity contribution is 9.10. The first-order chi connectivity index (χ1) is 16.2. The van der Waals surface area contributed by atoms with E-state index in [0.717, 1.165) is 10.9 Å². The fourth-order valence-electron chi connectivity index (χ4n) is 4.34. The maximum absolute atomic E-state index is 3.52. The van der Waals surface area contributed by atoms with Crippen LogP contribution in [0.2, 0.25) is 0 Å². The second-order valence-electron chi connectivity index (χ2n) is 8.43. The third-order valence-corrected chi connectivity index (χ3v) is 6.71. The summed E-state index contributed by atoms with van der Waals surface area (Å²) in [5.74, 6) is 0. The summed E-state index contributed by atoms with van der Waals surface area (Å²) in [6.07, 6.45) is 0.902. The van der Waals surface area contributed by atoms with E-state index in [-0.39, 0.29) is 0 Å². The van der Waals surface area contributed by atoms with E-state index in [1.54, 1.807) is 0 Å². The van der Waals surface area contributed by atoms with Gasteiger partial charge in [0.2, 0.25) is 0 Å². The standard InChI is InChI=1S/C32H25Br/c1-23-7-5-6-10-31(23)32-22-28(25-8-3-2-4-9-25)15-16-29(32)21-24-11-13-26(14-12-24)27-17-19-30(33)20-18-27/h2-20,22H,21H2,1H3. The van der Waals surface area contributed by atoms with Crippen LogP contribution in [-0.2, 0) is 6.42 Å². The highest BCUT2D eigenvalue weighted by Crippen LogP contribution is 2.33. The first-order valence-electron chi connectivity index (χ1n) is 11.3. The van der Waals surface area contributed by atoms with Gasteiger partial charge in [-0.25, -0.2) is 0 Å². The SMILES string of the molecule is Cc1ccccc1-c1cc(-c2ccccc2)ccc1Cc1ccc(-c2ccc(Br)cc2)cc1. The zero-order valence-corrected chi connectivity index (χ0v) is 20.2. The lowest BCUT2D eigenvalue weighted by Gasteiger charge is -2.15. The summed E-state index contributed by atoms with van der Waals surface area (Å²) in [4.78, 5) is 0. The van der Waals surface area contributed by atoms with E-state index in [4.69, 9.17) is 0 Å². The molecule has 160 valence electrons. The van der Waals surface area contributed by atoms with Gasteiger partial charge in [0.15, 0.2) is 0 Å². The van der Waals surface area contributed by atoms with Crippen LogP contribution in [0.3, 0.4) is 0 Å². The fourth-order valence-corrected chi connectivity index (χ4v) is 4.61. The molecule has 5 rings (SSSR count). The Balaban J connectivity index is 1.51.